The summed E-state index contributed by atoms with van der Waals surface area (Å²) in [5.74, 6) is 0.234. The van der Waals surface area contributed by atoms with Gasteiger partial charge in [0.1, 0.15) is 16.4 Å². The summed E-state index contributed by atoms with van der Waals surface area (Å²) in [5, 5.41) is 0.628. The van der Waals surface area contributed by atoms with Crippen LogP contribution in [0.5, 0.6) is 5.75 Å². The number of hydrogen-bond donors (Lipinski definition) is 0. The number of halogens is 3. The fourth-order valence-electron chi connectivity index (χ4n) is 3.27. The molecule has 0 saturated carbocycles. The molecule has 2 aromatic heterocycles. The second-order valence-corrected chi connectivity index (χ2v) is 7.56. The third-order valence-electron chi connectivity index (χ3n) is 4.66. The van der Waals surface area contributed by atoms with Crippen molar-refractivity contribution < 1.29 is 17.9 Å². The van der Waals surface area contributed by atoms with Gasteiger partial charge in [0, 0.05) is 17.0 Å². The smallest absolute Gasteiger partial charge is 0.405 e. The molecule has 0 bridgehead atoms. The molecule has 0 spiro atoms. The van der Waals surface area contributed by atoms with Crippen molar-refractivity contribution in [3.8, 4) is 5.75 Å². The van der Waals surface area contributed by atoms with Crippen molar-refractivity contribution in [3.05, 3.63) is 56.4 Å². The summed E-state index contributed by atoms with van der Waals surface area (Å²) >= 11 is 1.45. The molecule has 3 heterocycles. The van der Waals surface area contributed by atoms with E-state index in [0.717, 1.165) is 16.0 Å². The maximum Gasteiger partial charge on any atom is 0.573 e. The number of alkyl halides is 3. The summed E-state index contributed by atoms with van der Waals surface area (Å²) < 4.78 is 43.6. The second-order valence-electron chi connectivity index (χ2n) is 6.36. The number of nitrogens with zero attached hydrogens (tertiary/aromatic N) is 2. The van der Waals surface area contributed by atoms with E-state index in [9.17, 15) is 18.0 Å². The molecular weight excluding hydrogens is 377 g/mol. The van der Waals surface area contributed by atoms with Crippen molar-refractivity contribution >= 4 is 33.2 Å². The van der Waals surface area contributed by atoms with E-state index < -0.39 is 6.36 Å². The van der Waals surface area contributed by atoms with E-state index in [1.807, 2.05) is 13.8 Å². The van der Waals surface area contributed by atoms with Gasteiger partial charge in [-0.25, -0.2) is 4.98 Å². The Morgan fingerprint density at radius 1 is 1.26 bits per heavy atom. The van der Waals surface area contributed by atoms with Crippen molar-refractivity contribution in [1.82, 2.24) is 9.55 Å². The lowest BCUT2D eigenvalue weighted by atomic mass is 10.1. The molecule has 1 aliphatic heterocycles. The Balaban J connectivity index is 1.84. The first-order valence-electron chi connectivity index (χ1n) is 8.31. The van der Waals surface area contributed by atoms with Crippen molar-refractivity contribution in [2.75, 3.05) is 0 Å². The predicted octanol–water partition coefficient (Wildman–Crippen LogP) is 4.92. The standard InChI is InChI=1S/C19H15F3N2O2S/c1-10-11(2)27-17-15(10)18(25)24-8-7-13(16(24)23-17)9-12-5-3-4-6-14(12)26-19(20,21)22/h3-6,9H,7-8H2,1-2H3. The summed E-state index contributed by atoms with van der Waals surface area (Å²) in [5.41, 5.74) is 1.85. The number of aromatic nitrogens is 2. The molecule has 27 heavy (non-hydrogen) atoms. The number of fused-ring (bicyclic) bond motifs is 2. The van der Waals surface area contributed by atoms with E-state index in [4.69, 9.17) is 0 Å². The minimum atomic E-state index is -4.77. The molecule has 0 fully saturated rings. The molecule has 8 heteroatoms. The van der Waals surface area contributed by atoms with Gasteiger partial charge in [0.25, 0.3) is 5.56 Å². The van der Waals surface area contributed by atoms with Gasteiger partial charge >= 0.3 is 6.36 Å². The molecule has 0 radical (unpaired) electrons. The molecule has 140 valence electrons. The Labute approximate surface area is 156 Å². The van der Waals surface area contributed by atoms with E-state index >= 15 is 0 Å². The first-order valence-corrected chi connectivity index (χ1v) is 9.12. The van der Waals surface area contributed by atoms with Crippen LogP contribution in [0.3, 0.4) is 0 Å². The highest BCUT2D eigenvalue weighted by Crippen LogP contribution is 2.34. The van der Waals surface area contributed by atoms with Gasteiger partial charge in [-0.15, -0.1) is 24.5 Å². The molecule has 0 amide bonds. The number of rotatable bonds is 2. The minimum absolute atomic E-state index is 0.0972. The van der Waals surface area contributed by atoms with Crippen LogP contribution in [-0.2, 0) is 6.54 Å². The van der Waals surface area contributed by atoms with Crippen LogP contribution >= 0.6 is 11.3 Å². The van der Waals surface area contributed by atoms with Crippen LogP contribution in [0, 0.1) is 13.8 Å². The van der Waals surface area contributed by atoms with Crippen molar-refractivity contribution in [2.45, 2.75) is 33.2 Å². The topological polar surface area (TPSA) is 44.1 Å². The van der Waals surface area contributed by atoms with Gasteiger partial charge in [-0.05, 0) is 43.5 Å². The SMILES string of the molecule is Cc1sc2nc3n(c(=O)c2c1C)CCC3=Cc1ccccc1OC(F)(F)F. The number of aryl methyl sites for hydroxylation is 2. The fraction of sp³-hybridized carbons (Fsp3) is 0.263. The van der Waals surface area contributed by atoms with Crippen LogP contribution in [0.1, 0.15) is 28.2 Å². The van der Waals surface area contributed by atoms with Crippen molar-refractivity contribution in [2.24, 2.45) is 0 Å². The zero-order valence-electron chi connectivity index (χ0n) is 14.6. The molecule has 3 aromatic rings. The van der Waals surface area contributed by atoms with E-state index in [0.29, 0.717) is 34.6 Å². The third kappa shape index (κ3) is 3.14. The lowest BCUT2D eigenvalue weighted by molar-refractivity contribution is -0.274. The van der Waals surface area contributed by atoms with Crippen molar-refractivity contribution in [3.63, 3.8) is 0 Å². The second kappa shape index (κ2) is 6.23. The Kier molecular flexibility index (Phi) is 4.10. The highest BCUT2D eigenvalue weighted by atomic mass is 32.1. The van der Waals surface area contributed by atoms with Crippen molar-refractivity contribution in [1.29, 1.82) is 0 Å². The number of allylic oxidation sites excluding steroid dienone is 1. The van der Waals surface area contributed by atoms with E-state index in [1.54, 1.807) is 22.8 Å². The molecule has 0 atom stereocenters. The number of benzene rings is 1. The van der Waals surface area contributed by atoms with Crippen LogP contribution < -0.4 is 10.3 Å². The number of hydrogen-bond acceptors (Lipinski definition) is 4. The summed E-state index contributed by atoms with van der Waals surface area (Å²) in [6.07, 6.45) is -2.63. The lowest BCUT2D eigenvalue weighted by Gasteiger charge is -2.11. The molecule has 0 unspecified atom stereocenters. The van der Waals surface area contributed by atoms with Crippen LogP contribution in [0.25, 0.3) is 21.9 Å². The molecule has 0 aliphatic carbocycles. The quantitative estimate of drug-likeness (QED) is 0.622. The van der Waals surface area contributed by atoms with Gasteiger partial charge < -0.3 is 4.74 Å². The van der Waals surface area contributed by atoms with E-state index in [-0.39, 0.29) is 11.3 Å². The van der Waals surface area contributed by atoms with E-state index in [2.05, 4.69) is 9.72 Å². The molecular formula is C19H15F3N2O2S. The Bertz CT molecular complexity index is 1140. The summed E-state index contributed by atoms with van der Waals surface area (Å²) in [6, 6.07) is 5.94. The molecule has 1 aromatic carbocycles. The van der Waals surface area contributed by atoms with Gasteiger partial charge in [-0.3, -0.25) is 9.36 Å². The summed E-state index contributed by atoms with van der Waals surface area (Å²) in [7, 11) is 0. The molecule has 4 rings (SSSR count). The minimum Gasteiger partial charge on any atom is -0.405 e. The van der Waals surface area contributed by atoms with Gasteiger partial charge in [-0.1, -0.05) is 18.2 Å². The fourth-order valence-corrected chi connectivity index (χ4v) is 4.29. The highest BCUT2D eigenvalue weighted by molar-refractivity contribution is 7.18. The molecule has 0 N–H and O–H groups in total. The number of para-hydroxylation sites is 1. The van der Waals surface area contributed by atoms with Crippen LogP contribution in [0.2, 0.25) is 0 Å². The normalized spacial score (nSPS) is 15.5. The maximum absolute atomic E-state index is 12.8. The average Bonchev–Trinajstić information content (AvgIpc) is 3.10. The summed E-state index contributed by atoms with van der Waals surface area (Å²) in [6.45, 7) is 4.30. The molecule has 1 aliphatic rings. The van der Waals surface area contributed by atoms with Gasteiger partial charge in [0.05, 0.1) is 5.39 Å². The number of ether oxygens (including phenoxy) is 1. The summed E-state index contributed by atoms with van der Waals surface area (Å²) in [4.78, 5) is 19.2. The third-order valence-corrected chi connectivity index (χ3v) is 5.76. The van der Waals surface area contributed by atoms with Crippen LogP contribution in [-0.4, -0.2) is 15.9 Å². The number of thiophene rings is 1. The lowest BCUT2D eigenvalue weighted by Crippen LogP contribution is -2.20. The predicted molar refractivity (Wildman–Crippen MR) is 99.0 cm³/mol. The highest BCUT2D eigenvalue weighted by Gasteiger charge is 2.32. The Hall–Kier alpha value is -2.61. The first kappa shape index (κ1) is 17.8. The average molecular weight is 392 g/mol. The zero-order chi connectivity index (χ0) is 19.3. The largest absolute Gasteiger partial charge is 0.573 e. The zero-order valence-corrected chi connectivity index (χ0v) is 15.4. The maximum atomic E-state index is 12.8. The van der Waals surface area contributed by atoms with Crippen LogP contribution in [0.15, 0.2) is 29.1 Å². The Morgan fingerprint density at radius 2 is 2.00 bits per heavy atom. The molecule has 4 nitrogen and oxygen atoms in total. The van der Waals surface area contributed by atoms with Crippen LogP contribution in [0.4, 0.5) is 13.2 Å². The van der Waals surface area contributed by atoms with Gasteiger partial charge in [-0.2, -0.15) is 0 Å². The Morgan fingerprint density at radius 3 is 2.74 bits per heavy atom. The first-order chi connectivity index (χ1) is 12.7. The van der Waals surface area contributed by atoms with Gasteiger partial charge in [0.2, 0.25) is 0 Å². The van der Waals surface area contributed by atoms with E-state index in [1.165, 1.54) is 23.5 Å². The monoisotopic (exact) mass is 392 g/mol. The molecule has 0 saturated heterocycles. The van der Waals surface area contributed by atoms with Gasteiger partial charge in [0.15, 0.2) is 0 Å².